The highest BCUT2D eigenvalue weighted by molar-refractivity contribution is 5.77. The maximum Gasteiger partial charge on any atom is 0.242 e. The van der Waals surface area contributed by atoms with Crippen LogP contribution in [0.4, 0.5) is 0 Å². The third-order valence-electron chi connectivity index (χ3n) is 3.40. The Bertz CT molecular complexity index is 775. The molecule has 0 aliphatic rings. The summed E-state index contributed by atoms with van der Waals surface area (Å²) in [5.74, 6) is 0.732. The van der Waals surface area contributed by atoms with Crippen LogP contribution in [0.2, 0.25) is 0 Å². The van der Waals surface area contributed by atoms with Crippen LogP contribution in [0.5, 0.6) is 0 Å². The largest absolute Gasteiger partial charge is 0.347 e. The van der Waals surface area contributed by atoms with Gasteiger partial charge in [-0.15, -0.1) is 0 Å². The number of nitrogens with one attached hydrogen (secondary N) is 1. The van der Waals surface area contributed by atoms with Crippen LogP contribution in [0, 0.1) is 0 Å². The van der Waals surface area contributed by atoms with E-state index in [1.807, 2.05) is 24.3 Å². The molecule has 3 aromatic rings. The Morgan fingerprint density at radius 1 is 1.32 bits per heavy atom. The van der Waals surface area contributed by atoms with Crippen LogP contribution in [0.15, 0.2) is 36.9 Å². The fourth-order valence-electron chi connectivity index (χ4n) is 2.49. The van der Waals surface area contributed by atoms with Gasteiger partial charge in [0.2, 0.25) is 5.91 Å². The fraction of sp³-hybridized carbons (Fsp3) is 0.333. The van der Waals surface area contributed by atoms with Crippen molar-refractivity contribution in [2.75, 3.05) is 0 Å². The first-order valence-corrected chi connectivity index (χ1v) is 7.20. The molecule has 0 fully saturated rings. The molecule has 0 unspecified atom stereocenters. The summed E-state index contributed by atoms with van der Waals surface area (Å²) in [4.78, 5) is 20.4. The second-order valence-electron chi connectivity index (χ2n) is 5.35. The summed E-state index contributed by atoms with van der Waals surface area (Å²) < 4.78 is 3.63. The number of hydrogen-bond donors (Lipinski definition) is 1. The van der Waals surface area contributed by atoms with Crippen LogP contribution in [-0.4, -0.2) is 30.2 Å². The third-order valence-corrected chi connectivity index (χ3v) is 3.40. The molecule has 0 radical (unpaired) electrons. The van der Waals surface area contributed by atoms with Gasteiger partial charge in [0.15, 0.2) is 0 Å². The molecule has 7 heteroatoms. The molecular formula is C15H18N6O. The Hall–Kier alpha value is -2.70. The highest BCUT2D eigenvalue weighted by Crippen LogP contribution is 2.20. The number of carbonyl (C=O) groups is 1. The minimum absolute atomic E-state index is 0.118. The lowest BCUT2D eigenvalue weighted by molar-refractivity contribution is -0.122. The Labute approximate surface area is 128 Å². The van der Waals surface area contributed by atoms with E-state index in [1.165, 1.54) is 17.3 Å². The lowest BCUT2D eigenvalue weighted by Gasteiger charge is -2.13. The molecule has 2 heterocycles. The number of rotatable bonds is 5. The van der Waals surface area contributed by atoms with Gasteiger partial charge in [-0.3, -0.25) is 4.79 Å². The third kappa shape index (κ3) is 2.83. The summed E-state index contributed by atoms with van der Waals surface area (Å²) in [6.07, 6.45) is 2.93. The summed E-state index contributed by atoms with van der Waals surface area (Å²) in [7, 11) is 0. The van der Waals surface area contributed by atoms with E-state index in [9.17, 15) is 4.79 Å². The van der Waals surface area contributed by atoms with Crippen molar-refractivity contribution >= 4 is 16.9 Å². The zero-order valence-electron chi connectivity index (χ0n) is 12.6. The summed E-state index contributed by atoms with van der Waals surface area (Å²) >= 11 is 0. The normalized spacial score (nSPS) is 11.2. The molecule has 3 rings (SSSR count). The second-order valence-corrected chi connectivity index (χ2v) is 5.35. The first-order chi connectivity index (χ1) is 10.6. The highest BCUT2D eigenvalue weighted by Gasteiger charge is 2.13. The van der Waals surface area contributed by atoms with Crippen LogP contribution in [0.1, 0.15) is 25.7 Å². The van der Waals surface area contributed by atoms with Gasteiger partial charge in [0.05, 0.1) is 17.6 Å². The zero-order valence-corrected chi connectivity index (χ0v) is 12.6. The first-order valence-electron chi connectivity index (χ1n) is 7.20. The molecule has 0 aliphatic carbocycles. The molecule has 0 bridgehead atoms. The van der Waals surface area contributed by atoms with Crippen LogP contribution in [0.25, 0.3) is 11.0 Å². The molecule has 2 aromatic heterocycles. The van der Waals surface area contributed by atoms with E-state index >= 15 is 0 Å². The standard InChI is InChI=1S/C15H18N6O/c1-11(2)21-13-6-4-3-5-12(13)19-14(21)7-17-15(22)8-20-10-16-9-18-20/h3-6,9-11H,7-8H2,1-2H3,(H,17,22). The van der Waals surface area contributed by atoms with Crippen molar-refractivity contribution in [1.82, 2.24) is 29.6 Å². The van der Waals surface area contributed by atoms with Gasteiger partial charge in [-0.2, -0.15) is 5.10 Å². The smallest absolute Gasteiger partial charge is 0.242 e. The van der Waals surface area contributed by atoms with Crippen molar-refractivity contribution in [2.24, 2.45) is 0 Å². The van der Waals surface area contributed by atoms with Crippen molar-refractivity contribution in [3.05, 3.63) is 42.7 Å². The van der Waals surface area contributed by atoms with Crippen LogP contribution < -0.4 is 5.32 Å². The molecule has 0 spiro atoms. The van der Waals surface area contributed by atoms with Crippen LogP contribution in [-0.2, 0) is 17.9 Å². The highest BCUT2D eigenvalue weighted by atomic mass is 16.2. The molecule has 0 saturated heterocycles. The predicted molar refractivity (Wildman–Crippen MR) is 82.0 cm³/mol. The molecule has 1 amide bonds. The number of hydrogen-bond acceptors (Lipinski definition) is 4. The van der Waals surface area contributed by atoms with Crippen molar-refractivity contribution in [3.63, 3.8) is 0 Å². The molecule has 22 heavy (non-hydrogen) atoms. The average molecular weight is 298 g/mol. The summed E-state index contributed by atoms with van der Waals surface area (Å²) in [6.45, 7) is 4.76. The summed E-state index contributed by atoms with van der Waals surface area (Å²) in [6, 6.07) is 8.26. The Morgan fingerprint density at radius 2 is 2.14 bits per heavy atom. The van der Waals surface area contributed by atoms with E-state index in [0.717, 1.165) is 16.9 Å². The fourth-order valence-corrected chi connectivity index (χ4v) is 2.49. The molecule has 114 valence electrons. The quantitative estimate of drug-likeness (QED) is 0.775. The first kappa shape index (κ1) is 14.2. The molecule has 1 N–H and O–H groups in total. The number of imidazole rings is 1. The van der Waals surface area contributed by atoms with Gasteiger partial charge >= 0.3 is 0 Å². The van der Waals surface area contributed by atoms with E-state index in [2.05, 4.69) is 38.8 Å². The van der Waals surface area contributed by atoms with Crippen molar-refractivity contribution in [2.45, 2.75) is 33.0 Å². The molecule has 7 nitrogen and oxygen atoms in total. The number of carbonyl (C=O) groups excluding carboxylic acids is 1. The minimum atomic E-state index is -0.118. The molecule has 0 aliphatic heterocycles. The second kappa shape index (κ2) is 5.97. The maximum absolute atomic E-state index is 11.9. The Balaban J connectivity index is 1.76. The number of para-hydroxylation sites is 2. The van der Waals surface area contributed by atoms with Crippen molar-refractivity contribution in [3.8, 4) is 0 Å². The molecule has 0 atom stereocenters. The topological polar surface area (TPSA) is 77.6 Å². The van der Waals surface area contributed by atoms with Gasteiger partial charge in [0.1, 0.15) is 25.0 Å². The number of nitrogens with zero attached hydrogens (tertiary/aromatic N) is 5. The van der Waals surface area contributed by atoms with E-state index in [1.54, 1.807) is 0 Å². The van der Waals surface area contributed by atoms with Crippen LogP contribution >= 0.6 is 0 Å². The van der Waals surface area contributed by atoms with Gasteiger partial charge in [0.25, 0.3) is 0 Å². The van der Waals surface area contributed by atoms with Crippen LogP contribution in [0.3, 0.4) is 0 Å². The minimum Gasteiger partial charge on any atom is -0.347 e. The Kier molecular flexibility index (Phi) is 3.86. The van der Waals surface area contributed by atoms with Crippen molar-refractivity contribution in [1.29, 1.82) is 0 Å². The van der Waals surface area contributed by atoms with E-state index in [4.69, 9.17) is 0 Å². The monoisotopic (exact) mass is 298 g/mol. The van der Waals surface area contributed by atoms with Gasteiger partial charge in [0, 0.05) is 6.04 Å². The van der Waals surface area contributed by atoms with Gasteiger partial charge in [-0.1, -0.05) is 12.1 Å². The van der Waals surface area contributed by atoms with Crippen molar-refractivity contribution < 1.29 is 4.79 Å². The molecule has 1 aromatic carbocycles. The summed E-state index contributed by atoms with van der Waals surface area (Å²) in [5, 5.41) is 6.80. The van der Waals surface area contributed by atoms with Gasteiger partial charge < -0.3 is 9.88 Å². The molecular weight excluding hydrogens is 280 g/mol. The van der Waals surface area contributed by atoms with E-state index in [0.29, 0.717) is 6.54 Å². The summed E-state index contributed by atoms with van der Waals surface area (Å²) in [5.41, 5.74) is 2.02. The predicted octanol–water partition coefficient (Wildman–Crippen LogP) is 1.53. The number of aromatic nitrogens is 5. The maximum atomic E-state index is 11.9. The van der Waals surface area contributed by atoms with E-state index < -0.39 is 0 Å². The number of benzene rings is 1. The molecule has 0 saturated carbocycles. The van der Waals surface area contributed by atoms with Gasteiger partial charge in [-0.25, -0.2) is 14.6 Å². The van der Waals surface area contributed by atoms with E-state index in [-0.39, 0.29) is 18.5 Å². The number of amides is 1. The SMILES string of the molecule is CC(C)n1c(CNC(=O)Cn2cncn2)nc2ccccc21. The Morgan fingerprint density at radius 3 is 2.86 bits per heavy atom. The van der Waals surface area contributed by atoms with Gasteiger partial charge in [-0.05, 0) is 26.0 Å². The number of fused-ring (bicyclic) bond motifs is 1. The lowest BCUT2D eigenvalue weighted by atomic mass is 10.3. The average Bonchev–Trinajstić information content (AvgIpc) is 3.11. The lowest BCUT2D eigenvalue weighted by Crippen LogP contribution is -2.28. The zero-order chi connectivity index (χ0) is 15.5.